The van der Waals surface area contributed by atoms with Gasteiger partial charge in [0.1, 0.15) is 0 Å². The Kier molecular flexibility index (Phi) is 7.13. The SMILES string of the molecule is COP(=O)(OC)N1CCCC(n2nc(Cc3cccc(Cl)c3)c3ccccc3c2=O)CC1. The molecule has 1 atom stereocenters. The number of benzene rings is 2. The van der Waals surface area contributed by atoms with Crippen molar-refractivity contribution in [2.75, 3.05) is 27.3 Å². The number of aromatic nitrogens is 2. The molecule has 2 heterocycles. The van der Waals surface area contributed by atoms with Gasteiger partial charge in [0.15, 0.2) is 0 Å². The Hall–Kier alpha value is -2.02. The molecule has 2 aromatic carbocycles. The lowest BCUT2D eigenvalue weighted by Crippen LogP contribution is -2.30. The van der Waals surface area contributed by atoms with Gasteiger partial charge in [-0.05, 0) is 43.0 Å². The van der Waals surface area contributed by atoms with Crippen molar-refractivity contribution in [2.24, 2.45) is 0 Å². The Morgan fingerprint density at radius 1 is 1.06 bits per heavy atom. The third-order valence-electron chi connectivity index (χ3n) is 5.99. The van der Waals surface area contributed by atoms with Gasteiger partial charge < -0.3 is 0 Å². The summed E-state index contributed by atoms with van der Waals surface area (Å²) in [6, 6.07) is 15.2. The maximum Gasteiger partial charge on any atom is 0.407 e. The summed E-state index contributed by atoms with van der Waals surface area (Å²) < 4.78 is 26.5. The molecule has 1 fully saturated rings. The van der Waals surface area contributed by atoms with Crippen molar-refractivity contribution in [1.29, 1.82) is 0 Å². The first-order valence-corrected chi connectivity index (χ1v) is 12.5. The second-order valence-corrected chi connectivity index (χ2v) is 10.6. The Balaban J connectivity index is 1.71. The zero-order chi connectivity index (χ0) is 22.7. The first-order valence-electron chi connectivity index (χ1n) is 10.7. The molecule has 0 N–H and O–H groups in total. The maximum absolute atomic E-state index is 13.4. The molecule has 0 saturated carbocycles. The highest BCUT2D eigenvalue weighted by Gasteiger charge is 2.34. The molecule has 0 amide bonds. The van der Waals surface area contributed by atoms with E-state index in [1.807, 2.05) is 48.5 Å². The van der Waals surface area contributed by atoms with Crippen molar-refractivity contribution in [3.05, 3.63) is 75.2 Å². The second-order valence-electron chi connectivity index (χ2n) is 7.92. The van der Waals surface area contributed by atoms with Crippen LogP contribution in [0.3, 0.4) is 0 Å². The molecule has 7 nitrogen and oxygen atoms in total. The average Bonchev–Trinajstić information content (AvgIpc) is 3.07. The van der Waals surface area contributed by atoms with E-state index in [1.165, 1.54) is 14.2 Å². The van der Waals surface area contributed by atoms with E-state index < -0.39 is 7.75 Å². The van der Waals surface area contributed by atoms with E-state index in [-0.39, 0.29) is 11.6 Å². The molecule has 1 aliphatic heterocycles. The monoisotopic (exact) mass is 475 g/mol. The van der Waals surface area contributed by atoms with Crippen molar-refractivity contribution in [2.45, 2.75) is 31.7 Å². The molecule has 32 heavy (non-hydrogen) atoms. The van der Waals surface area contributed by atoms with Gasteiger partial charge in [0.2, 0.25) is 0 Å². The van der Waals surface area contributed by atoms with E-state index in [2.05, 4.69) is 0 Å². The first-order chi connectivity index (χ1) is 15.4. The number of hydrogen-bond donors (Lipinski definition) is 0. The molecule has 0 aliphatic carbocycles. The first kappa shape index (κ1) is 23.1. The fourth-order valence-electron chi connectivity index (χ4n) is 4.35. The molecule has 3 aromatic rings. The van der Waals surface area contributed by atoms with Crippen LogP contribution in [0.15, 0.2) is 53.3 Å². The van der Waals surface area contributed by atoms with Crippen LogP contribution in [-0.2, 0) is 20.0 Å². The summed E-state index contributed by atoms with van der Waals surface area (Å²) in [5, 5.41) is 7.01. The van der Waals surface area contributed by atoms with E-state index in [9.17, 15) is 9.36 Å². The number of hydrogen-bond acceptors (Lipinski definition) is 5. The normalized spacial score (nSPS) is 18.0. The fraction of sp³-hybridized carbons (Fsp3) is 0.391. The van der Waals surface area contributed by atoms with Crippen LogP contribution in [0.2, 0.25) is 5.02 Å². The molecule has 1 unspecified atom stereocenters. The summed E-state index contributed by atoms with van der Waals surface area (Å²) in [7, 11) is -0.515. The van der Waals surface area contributed by atoms with Crippen LogP contribution >= 0.6 is 19.3 Å². The summed E-state index contributed by atoms with van der Waals surface area (Å²) in [4.78, 5) is 13.4. The molecule has 0 radical (unpaired) electrons. The molecule has 170 valence electrons. The molecule has 1 saturated heterocycles. The topological polar surface area (TPSA) is 73.7 Å². The lowest BCUT2D eigenvalue weighted by Gasteiger charge is -2.26. The largest absolute Gasteiger partial charge is 0.407 e. The molecule has 1 aromatic heterocycles. The number of halogens is 1. The summed E-state index contributed by atoms with van der Waals surface area (Å²) in [5.74, 6) is 0. The van der Waals surface area contributed by atoms with Crippen molar-refractivity contribution >= 4 is 30.1 Å². The molecule has 9 heteroatoms. The van der Waals surface area contributed by atoms with Gasteiger partial charge in [-0.1, -0.05) is 41.9 Å². The molecule has 0 spiro atoms. The van der Waals surface area contributed by atoms with Crippen LogP contribution < -0.4 is 5.56 Å². The summed E-state index contributed by atoms with van der Waals surface area (Å²) in [6.45, 7) is 1.07. The molecule has 4 rings (SSSR count). The Labute approximate surface area is 192 Å². The molecule has 0 bridgehead atoms. The van der Waals surface area contributed by atoms with Gasteiger partial charge in [-0.2, -0.15) is 5.10 Å². The van der Waals surface area contributed by atoms with Gasteiger partial charge in [-0.15, -0.1) is 0 Å². The van der Waals surface area contributed by atoms with Crippen LogP contribution in [0.4, 0.5) is 0 Å². The number of rotatable bonds is 6. The standard InChI is InChI=1S/C23H27ClN3O4P/c1-30-32(29,31-2)26-13-6-9-19(12-14-26)27-23(28)21-11-4-3-10-20(21)22(25-27)16-17-7-5-8-18(24)15-17/h3-5,7-8,10-11,15,19H,6,9,12-14,16H2,1-2H3. The van der Waals surface area contributed by atoms with Crippen molar-refractivity contribution < 1.29 is 13.6 Å². The lowest BCUT2D eigenvalue weighted by molar-refractivity contribution is 0.208. The Morgan fingerprint density at radius 2 is 1.81 bits per heavy atom. The van der Waals surface area contributed by atoms with Gasteiger partial charge in [0, 0.05) is 44.1 Å². The molecular formula is C23H27ClN3O4P. The zero-order valence-corrected chi connectivity index (χ0v) is 19.9. The van der Waals surface area contributed by atoms with E-state index in [1.54, 1.807) is 9.35 Å². The summed E-state index contributed by atoms with van der Waals surface area (Å²) >= 11 is 6.18. The Morgan fingerprint density at radius 3 is 2.53 bits per heavy atom. The third kappa shape index (κ3) is 4.68. The lowest BCUT2D eigenvalue weighted by atomic mass is 10.0. The fourth-order valence-corrected chi connectivity index (χ4v) is 5.92. The predicted octanol–water partition coefficient (Wildman–Crippen LogP) is 5.07. The van der Waals surface area contributed by atoms with E-state index in [4.69, 9.17) is 25.7 Å². The zero-order valence-electron chi connectivity index (χ0n) is 18.2. The smallest absolute Gasteiger partial charge is 0.300 e. The van der Waals surface area contributed by atoms with Gasteiger partial charge in [0.05, 0.1) is 17.1 Å². The van der Waals surface area contributed by atoms with Crippen LogP contribution in [0.25, 0.3) is 10.8 Å². The van der Waals surface area contributed by atoms with Crippen molar-refractivity contribution in [3.63, 3.8) is 0 Å². The highest BCUT2D eigenvalue weighted by molar-refractivity contribution is 7.51. The molecular weight excluding hydrogens is 449 g/mol. The van der Waals surface area contributed by atoms with Gasteiger partial charge in [0.25, 0.3) is 5.56 Å². The van der Waals surface area contributed by atoms with Crippen LogP contribution in [0.1, 0.15) is 36.6 Å². The maximum atomic E-state index is 13.4. The van der Waals surface area contributed by atoms with E-state index >= 15 is 0 Å². The van der Waals surface area contributed by atoms with Gasteiger partial charge in [-0.25, -0.2) is 13.9 Å². The summed E-state index contributed by atoms with van der Waals surface area (Å²) in [6.07, 6.45) is 2.71. The summed E-state index contributed by atoms with van der Waals surface area (Å²) in [5.41, 5.74) is 1.77. The van der Waals surface area contributed by atoms with Crippen LogP contribution in [0, 0.1) is 0 Å². The van der Waals surface area contributed by atoms with E-state index in [0.717, 1.165) is 29.5 Å². The number of nitrogens with zero attached hydrogens (tertiary/aromatic N) is 3. The predicted molar refractivity (Wildman–Crippen MR) is 126 cm³/mol. The van der Waals surface area contributed by atoms with Gasteiger partial charge >= 0.3 is 7.75 Å². The Bertz CT molecular complexity index is 1210. The van der Waals surface area contributed by atoms with Crippen molar-refractivity contribution in [3.8, 4) is 0 Å². The minimum Gasteiger partial charge on any atom is -0.300 e. The second kappa shape index (κ2) is 9.86. The van der Waals surface area contributed by atoms with Crippen molar-refractivity contribution in [1.82, 2.24) is 14.5 Å². The van der Waals surface area contributed by atoms with Crippen LogP contribution in [0.5, 0.6) is 0 Å². The quantitative estimate of drug-likeness (QED) is 0.463. The average molecular weight is 476 g/mol. The minimum absolute atomic E-state index is 0.0996. The van der Waals surface area contributed by atoms with Gasteiger partial charge in [-0.3, -0.25) is 13.8 Å². The van der Waals surface area contributed by atoms with E-state index in [0.29, 0.717) is 36.3 Å². The third-order valence-corrected chi connectivity index (χ3v) is 8.24. The highest BCUT2D eigenvalue weighted by Crippen LogP contribution is 2.51. The van der Waals surface area contributed by atoms with Crippen LogP contribution in [-0.4, -0.2) is 41.8 Å². The minimum atomic E-state index is -3.30. The highest BCUT2D eigenvalue weighted by atomic mass is 35.5. The number of fused-ring (bicyclic) bond motifs is 1. The molecule has 1 aliphatic rings.